The zero-order valence-electron chi connectivity index (χ0n) is 18.8. The first-order valence-corrected chi connectivity index (χ1v) is 11.8. The zero-order valence-corrected chi connectivity index (χ0v) is 19.6. The third-order valence-corrected chi connectivity index (χ3v) is 6.71. The minimum atomic E-state index is -0.838. The van der Waals surface area contributed by atoms with E-state index in [0.717, 1.165) is 29.7 Å². The molecule has 2 aliphatic heterocycles. The fourth-order valence-corrected chi connectivity index (χ4v) is 4.79. The molecule has 35 heavy (non-hydrogen) atoms. The number of carbonyl (C=O) groups excluding carboxylic acids is 2. The Labute approximate surface area is 207 Å². The van der Waals surface area contributed by atoms with E-state index in [-0.39, 0.29) is 17.9 Å². The minimum Gasteiger partial charge on any atom is -0.507 e. The molecule has 3 aromatic carbocycles. The van der Waals surface area contributed by atoms with Gasteiger partial charge in [-0.1, -0.05) is 35.9 Å². The molecule has 0 radical (unpaired) electrons. The van der Waals surface area contributed by atoms with Crippen LogP contribution in [0.1, 0.15) is 34.7 Å². The summed E-state index contributed by atoms with van der Waals surface area (Å²) < 4.78 is 19.3. The molecule has 1 saturated heterocycles. The van der Waals surface area contributed by atoms with Crippen LogP contribution in [0, 0.1) is 5.82 Å². The molecule has 0 spiro atoms. The first-order valence-electron chi connectivity index (χ1n) is 11.5. The fourth-order valence-electron chi connectivity index (χ4n) is 4.67. The van der Waals surface area contributed by atoms with Crippen LogP contribution in [-0.4, -0.2) is 34.8 Å². The average molecular weight is 492 g/mol. The molecule has 7 heteroatoms. The SMILES string of the molecule is O=C1C(=O)N(CCc2ccc(Cl)cc2)C(c2ccc(F)cc2)/C1=C(/O)c1ccc2c(c1)CCCO2. The van der Waals surface area contributed by atoms with Gasteiger partial charge in [0.25, 0.3) is 11.7 Å². The number of nitrogens with zero attached hydrogens (tertiary/aromatic N) is 1. The highest BCUT2D eigenvalue weighted by atomic mass is 35.5. The molecule has 1 N–H and O–H groups in total. The van der Waals surface area contributed by atoms with Crippen LogP contribution < -0.4 is 4.74 Å². The number of fused-ring (bicyclic) bond motifs is 1. The number of benzene rings is 3. The monoisotopic (exact) mass is 491 g/mol. The molecule has 2 heterocycles. The number of aliphatic hydroxyl groups excluding tert-OH is 1. The second-order valence-electron chi connectivity index (χ2n) is 8.70. The normalized spacial score (nSPS) is 18.9. The van der Waals surface area contributed by atoms with Gasteiger partial charge < -0.3 is 14.7 Å². The van der Waals surface area contributed by atoms with E-state index in [4.69, 9.17) is 16.3 Å². The maximum absolute atomic E-state index is 13.7. The van der Waals surface area contributed by atoms with Gasteiger partial charge in [0.05, 0.1) is 18.2 Å². The van der Waals surface area contributed by atoms with Crippen molar-refractivity contribution in [1.29, 1.82) is 0 Å². The van der Waals surface area contributed by atoms with Crippen molar-refractivity contribution in [3.05, 3.63) is 105 Å². The second-order valence-corrected chi connectivity index (χ2v) is 9.13. The lowest BCUT2D eigenvalue weighted by Crippen LogP contribution is -2.31. The van der Waals surface area contributed by atoms with Crippen molar-refractivity contribution >= 4 is 29.1 Å². The van der Waals surface area contributed by atoms with Gasteiger partial charge in [0.1, 0.15) is 17.3 Å². The van der Waals surface area contributed by atoms with Crippen molar-refractivity contribution < 1.29 is 23.8 Å². The van der Waals surface area contributed by atoms with Crippen molar-refractivity contribution in [3.8, 4) is 5.75 Å². The van der Waals surface area contributed by atoms with Crippen molar-refractivity contribution in [2.24, 2.45) is 0 Å². The van der Waals surface area contributed by atoms with E-state index in [2.05, 4.69) is 0 Å². The number of carbonyl (C=O) groups is 2. The Balaban J connectivity index is 1.55. The van der Waals surface area contributed by atoms with Crippen LogP contribution in [0.2, 0.25) is 5.02 Å². The standard InChI is InChI=1S/C28H23ClFNO4/c29-21-8-3-17(4-9-21)13-14-31-25(18-5-10-22(30)11-6-18)24(27(33)28(31)34)26(32)20-7-12-23-19(16-20)2-1-15-35-23/h3-12,16,25,32H,1-2,13-15H2/b26-24-. The van der Waals surface area contributed by atoms with E-state index in [1.807, 2.05) is 12.1 Å². The fraction of sp³-hybridized carbons (Fsp3) is 0.214. The lowest BCUT2D eigenvalue weighted by molar-refractivity contribution is -0.139. The number of likely N-dealkylation sites (tertiary alicyclic amines) is 1. The van der Waals surface area contributed by atoms with Gasteiger partial charge >= 0.3 is 0 Å². The summed E-state index contributed by atoms with van der Waals surface area (Å²) in [4.78, 5) is 27.8. The zero-order chi connectivity index (χ0) is 24.5. The van der Waals surface area contributed by atoms with Gasteiger partial charge in [0.2, 0.25) is 0 Å². The smallest absolute Gasteiger partial charge is 0.295 e. The number of amides is 1. The van der Waals surface area contributed by atoms with E-state index in [1.165, 1.54) is 29.2 Å². The molecule has 3 aromatic rings. The number of ether oxygens (including phenoxy) is 1. The average Bonchev–Trinajstić information content (AvgIpc) is 3.13. The number of aryl methyl sites for hydroxylation is 1. The second kappa shape index (κ2) is 9.55. The molecule has 178 valence electrons. The number of aliphatic hydroxyl groups is 1. The van der Waals surface area contributed by atoms with Gasteiger partial charge in [-0.2, -0.15) is 0 Å². The molecule has 1 amide bonds. The topological polar surface area (TPSA) is 66.8 Å². The van der Waals surface area contributed by atoms with Gasteiger partial charge in [-0.25, -0.2) is 4.39 Å². The molecule has 0 aromatic heterocycles. The Kier molecular flexibility index (Phi) is 6.31. The summed E-state index contributed by atoms with van der Waals surface area (Å²) in [6.07, 6.45) is 2.15. The summed E-state index contributed by atoms with van der Waals surface area (Å²) >= 11 is 5.97. The number of rotatable bonds is 5. The highest BCUT2D eigenvalue weighted by Gasteiger charge is 2.45. The van der Waals surface area contributed by atoms with Gasteiger partial charge in [0, 0.05) is 17.1 Å². The Morgan fingerprint density at radius 2 is 1.80 bits per heavy atom. The van der Waals surface area contributed by atoms with E-state index in [0.29, 0.717) is 29.2 Å². The minimum absolute atomic E-state index is 0.00519. The molecule has 0 aliphatic carbocycles. The Hall–Kier alpha value is -3.64. The highest BCUT2D eigenvalue weighted by Crippen LogP contribution is 2.40. The van der Waals surface area contributed by atoms with Crippen LogP contribution in [0.5, 0.6) is 5.75 Å². The van der Waals surface area contributed by atoms with E-state index in [1.54, 1.807) is 30.3 Å². The summed E-state index contributed by atoms with van der Waals surface area (Å²) in [5.41, 5.74) is 2.87. The number of hydrogen-bond acceptors (Lipinski definition) is 4. The Morgan fingerprint density at radius 3 is 2.54 bits per heavy atom. The molecule has 2 aliphatic rings. The largest absolute Gasteiger partial charge is 0.507 e. The number of Topliss-reactive ketones (excluding diaryl/α,β-unsaturated/α-hetero) is 1. The maximum atomic E-state index is 13.7. The third-order valence-electron chi connectivity index (χ3n) is 6.46. The summed E-state index contributed by atoms with van der Waals surface area (Å²) in [7, 11) is 0. The van der Waals surface area contributed by atoms with Crippen LogP contribution in [0.3, 0.4) is 0 Å². The first kappa shape index (κ1) is 23.1. The predicted molar refractivity (Wildman–Crippen MR) is 131 cm³/mol. The van der Waals surface area contributed by atoms with Gasteiger partial charge in [-0.15, -0.1) is 0 Å². The van der Waals surface area contributed by atoms with Gasteiger partial charge in [-0.3, -0.25) is 9.59 Å². The number of hydrogen-bond donors (Lipinski definition) is 1. The van der Waals surface area contributed by atoms with Crippen LogP contribution in [-0.2, 0) is 22.4 Å². The van der Waals surface area contributed by atoms with E-state index < -0.39 is 23.5 Å². The summed E-state index contributed by atoms with van der Waals surface area (Å²) in [6, 6.07) is 17.3. The first-order chi connectivity index (χ1) is 16.9. The van der Waals surface area contributed by atoms with Crippen molar-refractivity contribution in [3.63, 3.8) is 0 Å². The summed E-state index contributed by atoms with van der Waals surface area (Å²) in [6.45, 7) is 0.880. The predicted octanol–water partition coefficient (Wildman–Crippen LogP) is 5.47. The van der Waals surface area contributed by atoms with Gasteiger partial charge in [0.15, 0.2) is 0 Å². The molecule has 1 atom stereocenters. The maximum Gasteiger partial charge on any atom is 0.295 e. The molecular formula is C28H23ClFNO4. The molecule has 1 fully saturated rings. The summed E-state index contributed by atoms with van der Waals surface area (Å²) in [5.74, 6) is -1.38. The molecule has 1 unspecified atom stereocenters. The Morgan fingerprint density at radius 1 is 1.06 bits per heavy atom. The van der Waals surface area contributed by atoms with E-state index in [9.17, 15) is 19.1 Å². The molecule has 5 rings (SSSR count). The Bertz CT molecular complexity index is 1320. The number of halogens is 2. The molecule has 0 saturated carbocycles. The van der Waals surface area contributed by atoms with Crippen LogP contribution in [0.25, 0.3) is 5.76 Å². The molecule has 5 nitrogen and oxygen atoms in total. The van der Waals surface area contributed by atoms with E-state index >= 15 is 0 Å². The lowest BCUT2D eigenvalue weighted by atomic mass is 9.94. The van der Waals surface area contributed by atoms with Crippen molar-refractivity contribution in [1.82, 2.24) is 4.90 Å². The quantitative estimate of drug-likeness (QED) is 0.292. The van der Waals surface area contributed by atoms with Crippen molar-refractivity contribution in [2.75, 3.05) is 13.2 Å². The summed E-state index contributed by atoms with van der Waals surface area (Å²) in [5, 5.41) is 11.9. The van der Waals surface area contributed by atoms with Crippen LogP contribution in [0.15, 0.2) is 72.3 Å². The molecular weight excluding hydrogens is 469 g/mol. The number of ketones is 1. The molecule has 0 bridgehead atoms. The third kappa shape index (κ3) is 4.54. The van der Waals surface area contributed by atoms with Crippen LogP contribution in [0.4, 0.5) is 4.39 Å². The highest BCUT2D eigenvalue weighted by molar-refractivity contribution is 6.46. The lowest BCUT2D eigenvalue weighted by Gasteiger charge is -2.25. The van der Waals surface area contributed by atoms with Crippen molar-refractivity contribution in [2.45, 2.75) is 25.3 Å². The van der Waals surface area contributed by atoms with Crippen LogP contribution >= 0.6 is 11.6 Å². The van der Waals surface area contributed by atoms with Gasteiger partial charge in [-0.05, 0) is 78.4 Å².